The summed E-state index contributed by atoms with van der Waals surface area (Å²) < 4.78 is 4.43. The van der Waals surface area contributed by atoms with Crippen molar-refractivity contribution in [2.24, 2.45) is 0 Å². The fourth-order valence-electron chi connectivity index (χ4n) is 0.249. The van der Waals surface area contributed by atoms with Crippen molar-refractivity contribution in [1.82, 2.24) is 0 Å². The van der Waals surface area contributed by atoms with Crippen LogP contribution in [-0.2, 0) is 14.3 Å². The second-order valence-electron chi connectivity index (χ2n) is 1.85. The standard InChI is InChI=1S/C5H8O2.C4H3NO2/c1-3-5(6)7-4-2;1-3(2-5)4(6)7/h3H,1,4H2,2H3;1H2,(H,6,7). The van der Waals surface area contributed by atoms with Gasteiger partial charge in [-0.15, -0.1) is 0 Å². The maximum atomic E-state index is 10.1. The molecule has 0 aromatic rings. The summed E-state index contributed by atoms with van der Waals surface area (Å²) in [4.78, 5) is 19.7. The van der Waals surface area contributed by atoms with Gasteiger partial charge in [0.1, 0.15) is 11.6 Å². The molecule has 0 aromatic carbocycles. The lowest BCUT2D eigenvalue weighted by Crippen LogP contribution is -1.97. The van der Waals surface area contributed by atoms with Crippen LogP contribution in [0.1, 0.15) is 6.92 Å². The van der Waals surface area contributed by atoms with Crippen LogP contribution >= 0.6 is 0 Å². The summed E-state index contributed by atoms with van der Waals surface area (Å²) in [6.45, 7) is 8.29. The molecule has 0 aliphatic rings. The highest BCUT2D eigenvalue weighted by Crippen LogP contribution is 1.81. The van der Waals surface area contributed by atoms with Gasteiger partial charge in [-0.3, -0.25) is 0 Å². The summed E-state index contributed by atoms with van der Waals surface area (Å²) in [7, 11) is 0. The fraction of sp³-hybridized carbons (Fsp3) is 0.222. The van der Waals surface area contributed by atoms with E-state index in [0.29, 0.717) is 6.61 Å². The fourth-order valence-corrected chi connectivity index (χ4v) is 0.249. The van der Waals surface area contributed by atoms with E-state index in [1.54, 1.807) is 6.92 Å². The van der Waals surface area contributed by atoms with Crippen LogP contribution in [0.4, 0.5) is 0 Å². The largest absolute Gasteiger partial charge is 0.477 e. The Kier molecular flexibility index (Phi) is 9.28. The molecule has 0 aliphatic heterocycles. The highest BCUT2D eigenvalue weighted by Gasteiger charge is 1.97. The molecular weight excluding hydrogens is 186 g/mol. The molecule has 1 N–H and O–H groups in total. The van der Waals surface area contributed by atoms with Crippen LogP contribution in [0.2, 0.25) is 0 Å². The SMILES string of the molecule is C=C(C#N)C(=O)O.C=CC(=O)OCC. The van der Waals surface area contributed by atoms with E-state index in [4.69, 9.17) is 10.4 Å². The van der Waals surface area contributed by atoms with E-state index in [9.17, 15) is 9.59 Å². The van der Waals surface area contributed by atoms with Gasteiger partial charge in [-0.2, -0.15) is 5.26 Å². The third kappa shape index (κ3) is 9.91. The van der Waals surface area contributed by atoms with Crippen molar-refractivity contribution in [2.45, 2.75) is 6.92 Å². The molecule has 0 aliphatic carbocycles. The minimum Gasteiger partial charge on any atom is -0.477 e. The Morgan fingerprint density at radius 3 is 2.21 bits per heavy atom. The van der Waals surface area contributed by atoms with E-state index in [2.05, 4.69) is 17.9 Å². The van der Waals surface area contributed by atoms with Crippen molar-refractivity contribution in [3.63, 3.8) is 0 Å². The maximum Gasteiger partial charge on any atom is 0.345 e. The molecule has 0 saturated carbocycles. The number of nitrogens with zero attached hydrogens (tertiary/aromatic N) is 1. The Labute approximate surface area is 81.9 Å². The highest BCUT2D eigenvalue weighted by molar-refractivity contribution is 5.90. The van der Waals surface area contributed by atoms with Crippen molar-refractivity contribution in [1.29, 1.82) is 5.26 Å². The number of hydrogen-bond acceptors (Lipinski definition) is 4. The number of aliphatic carboxylic acids is 1. The first kappa shape index (κ1) is 14.4. The van der Waals surface area contributed by atoms with Crippen LogP contribution in [0.15, 0.2) is 24.8 Å². The molecule has 0 amide bonds. The van der Waals surface area contributed by atoms with Gasteiger partial charge in [0.2, 0.25) is 0 Å². The third-order valence-electron chi connectivity index (χ3n) is 0.846. The lowest BCUT2D eigenvalue weighted by atomic mass is 10.4. The number of rotatable bonds is 3. The molecule has 0 atom stereocenters. The zero-order valence-electron chi connectivity index (χ0n) is 7.82. The van der Waals surface area contributed by atoms with Gasteiger partial charge in [-0.25, -0.2) is 9.59 Å². The molecule has 0 spiro atoms. The van der Waals surface area contributed by atoms with Gasteiger partial charge in [0.05, 0.1) is 6.61 Å². The number of ether oxygens (including phenoxy) is 1. The number of hydrogen-bond donors (Lipinski definition) is 1. The summed E-state index contributed by atoms with van der Waals surface area (Å²) >= 11 is 0. The van der Waals surface area contributed by atoms with Crippen molar-refractivity contribution in [3.05, 3.63) is 24.8 Å². The molecule has 0 rings (SSSR count). The monoisotopic (exact) mass is 197 g/mol. The van der Waals surface area contributed by atoms with Gasteiger partial charge in [-0.1, -0.05) is 13.2 Å². The summed E-state index contributed by atoms with van der Waals surface area (Å²) in [6, 6.07) is 1.37. The van der Waals surface area contributed by atoms with Crippen LogP contribution in [0, 0.1) is 11.3 Å². The number of carbonyl (C=O) groups excluding carboxylic acids is 1. The molecule has 0 unspecified atom stereocenters. The number of nitriles is 1. The van der Waals surface area contributed by atoms with Crippen LogP contribution in [0.5, 0.6) is 0 Å². The number of esters is 1. The van der Waals surface area contributed by atoms with Crippen molar-refractivity contribution < 1.29 is 19.4 Å². The molecule has 0 fully saturated rings. The molecule has 76 valence electrons. The first-order valence-corrected chi connectivity index (χ1v) is 3.61. The molecule has 0 aromatic heterocycles. The third-order valence-corrected chi connectivity index (χ3v) is 0.846. The van der Waals surface area contributed by atoms with Gasteiger partial charge in [-0.05, 0) is 6.92 Å². The highest BCUT2D eigenvalue weighted by atomic mass is 16.5. The van der Waals surface area contributed by atoms with E-state index in [1.807, 2.05) is 0 Å². The van der Waals surface area contributed by atoms with Gasteiger partial charge in [0.25, 0.3) is 0 Å². The molecule has 5 heteroatoms. The molecule has 5 nitrogen and oxygen atoms in total. The normalized spacial score (nSPS) is 7.14. The average molecular weight is 197 g/mol. The number of carbonyl (C=O) groups is 2. The lowest BCUT2D eigenvalue weighted by Gasteiger charge is -1.90. The Morgan fingerprint density at radius 1 is 1.64 bits per heavy atom. The van der Waals surface area contributed by atoms with Gasteiger partial charge >= 0.3 is 11.9 Å². The molecule has 0 saturated heterocycles. The number of carboxylic acids is 1. The summed E-state index contributed by atoms with van der Waals surface area (Å²) in [5, 5.41) is 15.6. The van der Waals surface area contributed by atoms with E-state index >= 15 is 0 Å². The second kappa shape index (κ2) is 9.00. The molecule has 14 heavy (non-hydrogen) atoms. The quantitative estimate of drug-likeness (QED) is 0.412. The molecule has 0 bridgehead atoms. The van der Waals surface area contributed by atoms with Crippen molar-refractivity contribution in [2.75, 3.05) is 6.61 Å². The topological polar surface area (TPSA) is 87.4 Å². The smallest absolute Gasteiger partial charge is 0.345 e. The van der Waals surface area contributed by atoms with Gasteiger partial charge in [0.15, 0.2) is 0 Å². The minimum atomic E-state index is -1.26. The van der Waals surface area contributed by atoms with Crippen LogP contribution < -0.4 is 0 Å². The van der Waals surface area contributed by atoms with Crippen LogP contribution in [-0.4, -0.2) is 23.7 Å². The first-order valence-electron chi connectivity index (χ1n) is 3.61. The zero-order valence-corrected chi connectivity index (χ0v) is 7.82. The zero-order chi connectivity index (χ0) is 11.6. The Morgan fingerprint density at radius 2 is 2.14 bits per heavy atom. The van der Waals surface area contributed by atoms with Crippen LogP contribution in [0.25, 0.3) is 0 Å². The summed E-state index contributed by atoms with van der Waals surface area (Å²) in [5.41, 5.74) is -0.431. The van der Waals surface area contributed by atoms with Gasteiger partial charge in [0, 0.05) is 6.08 Å². The van der Waals surface area contributed by atoms with E-state index in [1.165, 1.54) is 6.07 Å². The summed E-state index contributed by atoms with van der Waals surface area (Å²) in [6.07, 6.45) is 1.14. The van der Waals surface area contributed by atoms with Crippen molar-refractivity contribution >= 4 is 11.9 Å². The Bertz CT molecular complexity index is 275. The summed E-state index contributed by atoms with van der Waals surface area (Å²) in [5.74, 6) is -1.62. The second-order valence-corrected chi connectivity index (χ2v) is 1.85. The van der Waals surface area contributed by atoms with Gasteiger partial charge < -0.3 is 9.84 Å². The Hall–Kier alpha value is -2.09. The first-order chi connectivity index (χ1) is 6.49. The van der Waals surface area contributed by atoms with E-state index in [-0.39, 0.29) is 5.97 Å². The minimum absolute atomic E-state index is 0.359. The predicted molar refractivity (Wildman–Crippen MR) is 49.2 cm³/mol. The molecule has 0 heterocycles. The van der Waals surface area contributed by atoms with E-state index in [0.717, 1.165) is 6.08 Å². The number of carboxylic acid groups (broad SMARTS) is 1. The lowest BCUT2D eigenvalue weighted by molar-refractivity contribution is -0.137. The maximum absolute atomic E-state index is 10.1. The average Bonchev–Trinajstić information content (AvgIpc) is 2.17. The van der Waals surface area contributed by atoms with E-state index < -0.39 is 11.5 Å². The predicted octanol–water partition coefficient (Wildman–Crippen LogP) is 0.886. The van der Waals surface area contributed by atoms with Crippen molar-refractivity contribution in [3.8, 4) is 6.07 Å². The molecule has 0 radical (unpaired) electrons. The van der Waals surface area contributed by atoms with Crippen LogP contribution in [0.3, 0.4) is 0 Å². The molecular formula is C9H11NO4. The Balaban J connectivity index is 0.